The summed E-state index contributed by atoms with van der Waals surface area (Å²) in [6.45, 7) is 7.25. The Hall–Kier alpha value is -2.65. The Bertz CT molecular complexity index is 646. The van der Waals surface area contributed by atoms with E-state index in [4.69, 9.17) is 15.6 Å². The molecule has 0 aromatic heterocycles. The van der Waals surface area contributed by atoms with Crippen molar-refractivity contribution in [2.75, 3.05) is 13.2 Å². The largest absolute Gasteiger partial charge is 0.478 e. The maximum absolute atomic E-state index is 11.9. The summed E-state index contributed by atoms with van der Waals surface area (Å²) in [4.78, 5) is 33.7. The van der Waals surface area contributed by atoms with Gasteiger partial charge in [-0.05, 0) is 59.2 Å². The van der Waals surface area contributed by atoms with Gasteiger partial charge in [0.25, 0.3) is 0 Å². The number of aliphatic hydroxyl groups is 1. The molecule has 2 amide bonds. The highest BCUT2D eigenvalue weighted by Gasteiger charge is 2.22. The molecule has 1 aromatic carbocycles. The van der Waals surface area contributed by atoms with Gasteiger partial charge >= 0.3 is 12.1 Å². The summed E-state index contributed by atoms with van der Waals surface area (Å²) >= 11 is 0. The van der Waals surface area contributed by atoms with Gasteiger partial charge in [-0.15, -0.1) is 0 Å². The average molecular weight is 426 g/mol. The zero-order chi connectivity index (χ0) is 23.2. The van der Waals surface area contributed by atoms with Crippen LogP contribution in [0.15, 0.2) is 30.3 Å². The zero-order valence-corrected chi connectivity index (χ0v) is 18.2. The van der Waals surface area contributed by atoms with E-state index in [1.807, 2.05) is 0 Å². The average Bonchev–Trinajstić information content (AvgIpc) is 2.66. The number of unbranched alkanes of at least 4 members (excludes halogenated alkanes) is 1. The van der Waals surface area contributed by atoms with Crippen LogP contribution in [0.2, 0.25) is 0 Å². The first-order valence-electron chi connectivity index (χ1n) is 9.89. The Kier molecular flexibility index (Phi) is 13.1. The van der Waals surface area contributed by atoms with Crippen LogP contribution in [0.5, 0.6) is 0 Å². The number of ether oxygens (including phenoxy) is 1. The Balaban J connectivity index is 0.000000769. The number of nitrogens with two attached hydrogens (primary N) is 1. The summed E-state index contributed by atoms with van der Waals surface area (Å²) in [5, 5.41) is 22.8. The first kappa shape index (κ1) is 27.4. The van der Waals surface area contributed by atoms with Gasteiger partial charge in [0.15, 0.2) is 0 Å². The zero-order valence-electron chi connectivity index (χ0n) is 18.2. The highest BCUT2D eigenvalue weighted by Crippen LogP contribution is 2.07. The van der Waals surface area contributed by atoms with Crippen LogP contribution in [0, 0.1) is 0 Å². The van der Waals surface area contributed by atoms with Gasteiger partial charge in [-0.25, -0.2) is 9.59 Å². The van der Waals surface area contributed by atoms with Crippen molar-refractivity contribution in [2.45, 2.75) is 64.6 Å². The second-order valence-electron chi connectivity index (χ2n) is 7.71. The summed E-state index contributed by atoms with van der Waals surface area (Å²) in [6, 6.07) is 7.24. The van der Waals surface area contributed by atoms with Gasteiger partial charge in [0, 0.05) is 0 Å². The van der Waals surface area contributed by atoms with Gasteiger partial charge in [0.05, 0.1) is 18.2 Å². The molecule has 0 unspecified atom stereocenters. The Labute approximate surface area is 178 Å². The van der Waals surface area contributed by atoms with E-state index in [1.165, 1.54) is 0 Å². The molecule has 2 atom stereocenters. The van der Waals surface area contributed by atoms with Crippen LogP contribution in [0.25, 0.3) is 0 Å². The van der Waals surface area contributed by atoms with E-state index in [0.717, 1.165) is 12.8 Å². The van der Waals surface area contributed by atoms with Gasteiger partial charge in [0.1, 0.15) is 11.6 Å². The molecular formula is C21H35N3O6. The minimum atomic E-state index is -0.879. The maximum Gasteiger partial charge on any atom is 0.408 e. The standard InChI is InChI=1S/C14H29N3O4.C7H6O2/c1-10(16-13(20)21-14(2,3)4)12(19)17-11(9-18)7-5-6-8-15;8-7(9)6-4-2-1-3-5-6/h10-11,18H,5-9,15H2,1-4H3,(H,16,20)(H,17,19);1-5H,(H,8,9)/t10-,11-;/m0./s1. The maximum atomic E-state index is 11.9. The summed E-state index contributed by atoms with van der Waals surface area (Å²) in [6.07, 6.45) is 1.68. The van der Waals surface area contributed by atoms with E-state index in [2.05, 4.69) is 10.6 Å². The summed E-state index contributed by atoms with van der Waals surface area (Å²) in [7, 11) is 0. The lowest BCUT2D eigenvalue weighted by molar-refractivity contribution is -0.123. The minimum absolute atomic E-state index is 0.143. The summed E-state index contributed by atoms with van der Waals surface area (Å²) in [5.41, 5.74) is 5.12. The third-order valence-corrected chi connectivity index (χ3v) is 3.72. The lowest BCUT2D eigenvalue weighted by atomic mass is 10.1. The predicted octanol–water partition coefficient (Wildman–Crippen LogP) is 1.89. The van der Waals surface area contributed by atoms with Crippen LogP contribution < -0.4 is 16.4 Å². The highest BCUT2D eigenvalue weighted by atomic mass is 16.6. The number of rotatable bonds is 9. The van der Waals surface area contributed by atoms with Crippen LogP contribution >= 0.6 is 0 Å². The fourth-order valence-electron chi connectivity index (χ4n) is 2.20. The molecular weight excluding hydrogens is 390 g/mol. The van der Waals surface area contributed by atoms with Crippen LogP contribution in [-0.2, 0) is 9.53 Å². The van der Waals surface area contributed by atoms with Gasteiger partial charge < -0.3 is 31.3 Å². The lowest BCUT2D eigenvalue weighted by Gasteiger charge is -2.23. The molecule has 170 valence electrons. The van der Waals surface area contributed by atoms with Crippen LogP contribution in [0.4, 0.5) is 4.79 Å². The van der Waals surface area contributed by atoms with E-state index >= 15 is 0 Å². The smallest absolute Gasteiger partial charge is 0.408 e. The van der Waals surface area contributed by atoms with E-state index in [-0.39, 0.29) is 18.6 Å². The minimum Gasteiger partial charge on any atom is -0.478 e. The molecule has 0 bridgehead atoms. The van der Waals surface area contributed by atoms with Gasteiger partial charge in [0.2, 0.25) is 5.91 Å². The number of carbonyl (C=O) groups excluding carboxylic acids is 2. The van der Waals surface area contributed by atoms with Crippen molar-refractivity contribution in [2.24, 2.45) is 5.73 Å². The number of aliphatic hydroxyl groups excluding tert-OH is 1. The normalized spacial score (nSPS) is 12.6. The molecule has 0 radical (unpaired) electrons. The summed E-state index contributed by atoms with van der Waals surface area (Å²) in [5.74, 6) is -1.23. The lowest BCUT2D eigenvalue weighted by Crippen LogP contribution is -2.50. The van der Waals surface area contributed by atoms with Crippen molar-refractivity contribution in [1.29, 1.82) is 0 Å². The molecule has 6 N–H and O–H groups in total. The second-order valence-corrected chi connectivity index (χ2v) is 7.71. The van der Waals surface area contributed by atoms with Crippen LogP contribution in [-0.4, -0.2) is 59.0 Å². The molecule has 0 heterocycles. The van der Waals surface area contributed by atoms with Crippen molar-refractivity contribution < 1.29 is 29.3 Å². The van der Waals surface area contributed by atoms with E-state index < -0.39 is 23.7 Å². The number of aromatic carboxylic acids is 1. The summed E-state index contributed by atoms with van der Waals surface area (Å²) < 4.78 is 5.08. The third-order valence-electron chi connectivity index (χ3n) is 3.72. The molecule has 0 saturated carbocycles. The number of hydrogen-bond donors (Lipinski definition) is 5. The number of hydrogen-bond acceptors (Lipinski definition) is 6. The van der Waals surface area contributed by atoms with Crippen molar-refractivity contribution in [1.82, 2.24) is 10.6 Å². The number of carboxylic acids is 1. The Morgan fingerprint density at radius 1 is 1.10 bits per heavy atom. The molecule has 0 aliphatic rings. The van der Waals surface area contributed by atoms with Crippen LogP contribution in [0.3, 0.4) is 0 Å². The van der Waals surface area contributed by atoms with Crippen molar-refractivity contribution >= 4 is 18.0 Å². The molecule has 0 aliphatic carbocycles. The molecule has 0 aliphatic heterocycles. The SMILES string of the molecule is C[C@H](NC(=O)OC(C)(C)C)C(=O)N[C@H](CO)CCCCN.O=C(O)c1ccccc1. The van der Waals surface area contributed by atoms with E-state index in [1.54, 1.807) is 58.0 Å². The fraction of sp³-hybridized carbons (Fsp3) is 0.571. The van der Waals surface area contributed by atoms with Crippen LogP contribution in [0.1, 0.15) is 57.3 Å². The highest BCUT2D eigenvalue weighted by molar-refractivity contribution is 5.87. The first-order chi connectivity index (χ1) is 14.0. The molecule has 9 nitrogen and oxygen atoms in total. The van der Waals surface area contributed by atoms with E-state index in [0.29, 0.717) is 18.5 Å². The Morgan fingerprint density at radius 2 is 1.70 bits per heavy atom. The number of alkyl carbamates (subject to hydrolysis) is 1. The first-order valence-corrected chi connectivity index (χ1v) is 9.89. The topological polar surface area (TPSA) is 151 Å². The number of carboxylic acid groups (broad SMARTS) is 1. The molecule has 0 spiro atoms. The fourth-order valence-corrected chi connectivity index (χ4v) is 2.20. The monoisotopic (exact) mass is 425 g/mol. The number of carbonyl (C=O) groups is 3. The third kappa shape index (κ3) is 13.5. The van der Waals surface area contributed by atoms with Gasteiger partial charge in [-0.1, -0.05) is 24.6 Å². The number of amides is 2. The van der Waals surface area contributed by atoms with E-state index in [9.17, 15) is 19.5 Å². The molecule has 0 saturated heterocycles. The second kappa shape index (κ2) is 14.4. The van der Waals surface area contributed by atoms with Gasteiger partial charge in [-0.2, -0.15) is 0 Å². The molecule has 9 heteroatoms. The molecule has 30 heavy (non-hydrogen) atoms. The Morgan fingerprint density at radius 3 is 2.13 bits per heavy atom. The van der Waals surface area contributed by atoms with Crippen molar-refractivity contribution in [3.05, 3.63) is 35.9 Å². The van der Waals surface area contributed by atoms with Crippen molar-refractivity contribution in [3.8, 4) is 0 Å². The number of benzene rings is 1. The van der Waals surface area contributed by atoms with Gasteiger partial charge in [-0.3, -0.25) is 4.79 Å². The molecule has 0 fully saturated rings. The van der Waals surface area contributed by atoms with Crippen molar-refractivity contribution in [3.63, 3.8) is 0 Å². The quantitative estimate of drug-likeness (QED) is 0.379. The molecule has 1 rings (SSSR count). The number of nitrogens with one attached hydrogen (secondary N) is 2. The predicted molar refractivity (Wildman–Crippen MR) is 114 cm³/mol. The molecule has 1 aromatic rings.